The summed E-state index contributed by atoms with van der Waals surface area (Å²) in [5.41, 5.74) is 0. The largest absolute Gasteiger partial charge is 0.356 e. The molecule has 1 atom stereocenters. The fraction of sp³-hybridized carbons (Fsp3) is 0.938. The molecular formula is C16H30N4. The number of nitrogens with one attached hydrogen (secondary N) is 1. The number of hydrogen-bond donors (Lipinski definition) is 1. The Bertz CT molecular complexity index is 331. The lowest BCUT2D eigenvalue weighted by atomic mass is 9.85. The van der Waals surface area contributed by atoms with Crippen LogP contribution in [-0.2, 0) is 0 Å². The second kappa shape index (κ2) is 6.79. The Morgan fingerprint density at radius 2 is 1.85 bits per heavy atom. The van der Waals surface area contributed by atoms with Crippen LogP contribution >= 0.6 is 0 Å². The molecule has 114 valence electrons. The van der Waals surface area contributed by atoms with Crippen molar-refractivity contribution in [3.63, 3.8) is 0 Å². The summed E-state index contributed by atoms with van der Waals surface area (Å²) < 4.78 is 0. The summed E-state index contributed by atoms with van der Waals surface area (Å²) in [4.78, 5) is 9.67. The number of piperidine rings is 1. The first-order chi connectivity index (χ1) is 9.86. The molecule has 2 saturated heterocycles. The summed E-state index contributed by atoms with van der Waals surface area (Å²) in [5, 5.41) is 3.59. The molecule has 0 radical (unpaired) electrons. The molecule has 0 spiro atoms. The van der Waals surface area contributed by atoms with Gasteiger partial charge in [-0.05, 0) is 51.1 Å². The number of rotatable bonds is 3. The first-order valence-corrected chi connectivity index (χ1v) is 8.56. The Morgan fingerprint density at radius 3 is 2.50 bits per heavy atom. The summed E-state index contributed by atoms with van der Waals surface area (Å²) >= 11 is 0. The van der Waals surface area contributed by atoms with Gasteiger partial charge in [0.1, 0.15) is 0 Å². The van der Waals surface area contributed by atoms with Gasteiger partial charge in [0, 0.05) is 32.7 Å². The lowest BCUT2D eigenvalue weighted by Crippen LogP contribution is -2.45. The van der Waals surface area contributed by atoms with Crippen LogP contribution in [0.15, 0.2) is 4.99 Å². The highest BCUT2D eigenvalue weighted by atomic mass is 15.3. The minimum atomic E-state index is 0.762. The van der Waals surface area contributed by atoms with Crippen LogP contribution in [0.2, 0.25) is 0 Å². The van der Waals surface area contributed by atoms with Crippen molar-refractivity contribution in [1.29, 1.82) is 0 Å². The van der Waals surface area contributed by atoms with Crippen LogP contribution in [0.5, 0.6) is 0 Å². The number of guanidine groups is 1. The van der Waals surface area contributed by atoms with E-state index in [1.165, 1.54) is 71.1 Å². The fourth-order valence-electron chi connectivity index (χ4n) is 3.78. The summed E-state index contributed by atoms with van der Waals surface area (Å²) in [5.74, 6) is 2.03. The van der Waals surface area contributed by atoms with Crippen molar-refractivity contribution >= 4 is 5.96 Å². The number of likely N-dealkylation sites (tertiary alicyclic amines) is 2. The number of hydrogen-bond acceptors (Lipinski definition) is 2. The minimum Gasteiger partial charge on any atom is -0.356 e. The maximum absolute atomic E-state index is 4.49. The van der Waals surface area contributed by atoms with Gasteiger partial charge in [-0.1, -0.05) is 12.8 Å². The van der Waals surface area contributed by atoms with Crippen LogP contribution in [-0.4, -0.2) is 61.6 Å². The Labute approximate surface area is 123 Å². The first-order valence-electron chi connectivity index (χ1n) is 8.56. The molecule has 0 bridgehead atoms. The molecular weight excluding hydrogens is 248 g/mol. The number of nitrogens with zero attached hydrogens (tertiary/aromatic N) is 3. The van der Waals surface area contributed by atoms with E-state index in [9.17, 15) is 0 Å². The third-order valence-corrected chi connectivity index (χ3v) is 5.36. The molecule has 0 aromatic heterocycles. The van der Waals surface area contributed by atoms with Gasteiger partial charge in [-0.3, -0.25) is 9.89 Å². The van der Waals surface area contributed by atoms with Crippen LogP contribution in [0.4, 0.5) is 0 Å². The van der Waals surface area contributed by atoms with Crippen molar-refractivity contribution in [1.82, 2.24) is 15.1 Å². The SMILES string of the molecule is CN=C(NCC1CCC1)N1CCC(N2CCCCC2)C1. The lowest BCUT2D eigenvalue weighted by Gasteiger charge is -2.33. The maximum atomic E-state index is 4.49. The summed E-state index contributed by atoms with van der Waals surface area (Å²) in [6.07, 6.45) is 9.75. The fourth-order valence-corrected chi connectivity index (χ4v) is 3.78. The monoisotopic (exact) mass is 278 g/mol. The van der Waals surface area contributed by atoms with E-state index >= 15 is 0 Å². The predicted octanol–water partition coefficient (Wildman–Crippen LogP) is 1.92. The second-order valence-corrected chi connectivity index (χ2v) is 6.71. The van der Waals surface area contributed by atoms with E-state index in [0.29, 0.717) is 0 Å². The average Bonchev–Trinajstić information content (AvgIpc) is 2.92. The van der Waals surface area contributed by atoms with E-state index in [1.54, 1.807) is 0 Å². The molecule has 0 aromatic carbocycles. The third kappa shape index (κ3) is 3.27. The molecule has 3 fully saturated rings. The zero-order valence-electron chi connectivity index (χ0n) is 13.0. The van der Waals surface area contributed by atoms with Gasteiger partial charge in [0.2, 0.25) is 0 Å². The molecule has 1 N–H and O–H groups in total. The minimum absolute atomic E-state index is 0.762. The van der Waals surface area contributed by atoms with E-state index in [1.807, 2.05) is 7.05 Å². The Hall–Kier alpha value is -0.770. The molecule has 1 unspecified atom stereocenters. The Morgan fingerprint density at radius 1 is 1.05 bits per heavy atom. The summed E-state index contributed by atoms with van der Waals surface area (Å²) in [6, 6.07) is 0.762. The van der Waals surface area contributed by atoms with Crippen LogP contribution in [0.1, 0.15) is 44.9 Å². The molecule has 2 aliphatic heterocycles. The summed E-state index contributed by atoms with van der Waals surface area (Å²) in [6.45, 7) is 6.09. The van der Waals surface area contributed by atoms with Crippen molar-refractivity contribution in [2.45, 2.75) is 51.0 Å². The molecule has 4 heteroatoms. The first kappa shape index (κ1) is 14.2. The van der Waals surface area contributed by atoms with Crippen molar-refractivity contribution in [3.05, 3.63) is 0 Å². The average molecular weight is 278 g/mol. The molecule has 0 aromatic rings. The third-order valence-electron chi connectivity index (χ3n) is 5.36. The molecule has 20 heavy (non-hydrogen) atoms. The molecule has 3 aliphatic rings. The zero-order valence-corrected chi connectivity index (χ0v) is 13.0. The van der Waals surface area contributed by atoms with Gasteiger partial charge in [0.15, 0.2) is 5.96 Å². The van der Waals surface area contributed by atoms with Crippen molar-refractivity contribution in [2.75, 3.05) is 39.8 Å². The van der Waals surface area contributed by atoms with Crippen LogP contribution in [0.25, 0.3) is 0 Å². The molecule has 0 amide bonds. The highest BCUT2D eigenvalue weighted by molar-refractivity contribution is 5.80. The van der Waals surface area contributed by atoms with E-state index in [0.717, 1.165) is 24.5 Å². The van der Waals surface area contributed by atoms with Crippen molar-refractivity contribution in [3.8, 4) is 0 Å². The number of aliphatic imine (C=N–C) groups is 1. The van der Waals surface area contributed by atoms with Gasteiger partial charge in [-0.25, -0.2) is 0 Å². The van der Waals surface area contributed by atoms with E-state index in [2.05, 4.69) is 20.1 Å². The second-order valence-electron chi connectivity index (χ2n) is 6.71. The van der Waals surface area contributed by atoms with Gasteiger partial charge in [-0.2, -0.15) is 0 Å². The smallest absolute Gasteiger partial charge is 0.193 e. The predicted molar refractivity (Wildman–Crippen MR) is 84.1 cm³/mol. The molecule has 1 aliphatic carbocycles. The van der Waals surface area contributed by atoms with Gasteiger partial charge in [0.05, 0.1) is 0 Å². The maximum Gasteiger partial charge on any atom is 0.193 e. The van der Waals surface area contributed by atoms with Crippen molar-refractivity contribution < 1.29 is 0 Å². The summed E-state index contributed by atoms with van der Waals surface area (Å²) in [7, 11) is 1.93. The lowest BCUT2D eigenvalue weighted by molar-refractivity contribution is 0.168. The highest BCUT2D eigenvalue weighted by Crippen LogP contribution is 2.25. The topological polar surface area (TPSA) is 30.9 Å². The van der Waals surface area contributed by atoms with Crippen LogP contribution in [0, 0.1) is 5.92 Å². The molecule has 4 nitrogen and oxygen atoms in total. The van der Waals surface area contributed by atoms with E-state index in [4.69, 9.17) is 0 Å². The Kier molecular flexibility index (Phi) is 4.81. The normalized spacial score (nSPS) is 29.6. The van der Waals surface area contributed by atoms with Gasteiger partial charge >= 0.3 is 0 Å². The molecule has 3 rings (SSSR count). The van der Waals surface area contributed by atoms with E-state index in [-0.39, 0.29) is 0 Å². The van der Waals surface area contributed by atoms with Gasteiger partial charge < -0.3 is 10.2 Å². The van der Waals surface area contributed by atoms with Crippen LogP contribution < -0.4 is 5.32 Å². The zero-order chi connectivity index (χ0) is 13.8. The van der Waals surface area contributed by atoms with Crippen molar-refractivity contribution in [2.24, 2.45) is 10.9 Å². The quantitative estimate of drug-likeness (QED) is 0.632. The van der Waals surface area contributed by atoms with E-state index < -0.39 is 0 Å². The standard InChI is InChI=1S/C16H30N4/c1-17-16(18-12-14-6-5-7-14)20-11-8-15(13-20)19-9-3-2-4-10-19/h14-15H,2-13H2,1H3,(H,17,18). The van der Waals surface area contributed by atoms with Crippen LogP contribution in [0.3, 0.4) is 0 Å². The molecule has 1 saturated carbocycles. The molecule has 2 heterocycles. The Balaban J connectivity index is 1.46. The van der Waals surface area contributed by atoms with Gasteiger partial charge in [0.25, 0.3) is 0 Å². The van der Waals surface area contributed by atoms with Gasteiger partial charge in [-0.15, -0.1) is 0 Å². The highest BCUT2D eigenvalue weighted by Gasteiger charge is 2.30.